The zero-order valence-electron chi connectivity index (χ0n) is 16.4. The predicted octanol–water partition coefficient (Wildman–Crippen LogP) is 4.94. The summed E-state index contributed by atoms with van der Waals surface area (Å²) in [7, 11) is 0. The normalized spacial score (nSPS) is 20.4. The number of aryl methyl sites for hydroxylation is 1. The number of fused-ring (bicyclic) bond motifs is 1. The topological polar surface area (TPSA) is 66.5 Å². The molecule has 1 N–H and O–H groups in total. The Labute approximate surface area is 188 Å². The average molecular weight is 485 g/mol. The standard InChI is InChI=1S/C23H21BrN2O3S/c1-14-12-15(24)6-11-20(14)25-21(27)13-30-17-9-7-16(8-10-17)26-22(28)18-4-2-3-5-19(18)23(26)29/h2-3,6-12,18-19H,4-5,13H2,1H3,(H,25,27)/t18-,19-/m1/s1. The zero-order valence-corrected chi connectivity index (χ0v) is 18.8. The van der Waals surface area contributed by atoms with Gasteiger partial charge in [-0.15, -0.1) is 11.8 Å². The minimum Gasteiger partial charge on any atom is -0.325 e. The molecule has 1 aliphatic carbocycles. The summed E-state index contributed by atoms with van der Waals surface area (Å²) < 4.78 is 0.970. The summed E-state index contributed by atoms with van der Waals surface area (Å²) in [6.45, 7) is 1.94. The number of nitrogens with zero attached hydrogens (tertiary/aromatic N) is 1. The number of rotatable bonds is 5. The van der Waals surface area contributed by atoms with Crippen molar-refractivity contribution in [2.75, 3.05) is 16.0 Å². The maximum atomic E-state index is 12.7. The second kappa shape index (κ2) is 8.78. The first kappa shape index (κ1) is 20.9. The van der Waals surface area contributed by atoms with E-state index in [-0.39, 0.29) is 35.3 Å². The molecule has 0 saturated carbocycles. The van der Waals surface area contributed by atoms with Crippen LogP contribution in [0.3, 0.4) is 0 Å². The van der Waals surface area contributed by atoms with E-state index in [1.165, 1.54) is 16.7 Å². The Morgan fingerprint density at radius 2 is 1.70 bits per heavy atom. The van der Waals surface area contributed by atoms with Crippen molar-refractivity contribution < 1.29 is 14.4 Å². The molecule has 154 valence electrons. The van der Waals surface area contributed by atoms with E-state index in [0.29, 0.717) is 18.5 Å². The fourth-order valence-electron chi connectivity index (χ4n) is 3.85. The fourth-order valence-corrected chi connectivity index (χ4v) is 5.02. The molecule has 7 heteroatoms. The van der Waals surface area contributed by atoms with E-state index < -0.39 is 0 Å². The lowest BCUT2D eigenvalue weighted by Gasteiger charge is -2.15. The van der Waals surface area contributed by atoms with Crippen LogP contribution in [0, 0.1) is 18.8 Å². The summed E-state index contributed by atoms with van der Waals surface area (Å²) in [5.74, 6) is -0.509. The van der Waals surface area contributed by atoms with E-state index in [9.17, 15) is 14.4 Å². The van der Waals surface area contributed by atoms with Gasteiger partial charge in [-0.3, -0.25) is 19.3 Å². The van der Waals surface area contributed by atoms with Gasteiger partial charge in [0.2, 0.25) is 17.7 Å². The van der Waals surface area contributed by atoms with Crippen LogP contribution in [0.15, 0.2) is 64.0 Å². The van der Waals surface area contributed by atoms with Gasteiger partial charge < -0.3 is 5.32 Å². The maximum Gasteiger partial charge on any atom is 0.238 e. The molecule has 2 aromatic carbocycles. The van der Waals surface area contributed by atoms with Crippen molar-refractivity contribution in [3.63, 3.8) is 0 Å². The van der Waals surface area contributed by atoms with Crippen LogP contribution in [0.5, 0.6) is 0 Å². The minimum absolute atomic E-state index is 0.0871. The Morgan fingerprint density at radius 1 is 1.07 bits per heavy atom. The molecule has 3 amide bonds. The molecule has 1 saturated heterocycles. The van der Waals surface area contributed by atoms with Gasteiger partial charge in [-0.25, -0.2) is 0 Å². The number of amides is 3. The summed E-state index contributed by atoms with van der Waals surface area (Å²) in [6, 6.07) is 13.0. The minimum atomic E-state index is -0.234. The number of nitrogens with one attached hydrogen (secondary N) is 1. The highest BCUT2D eigenvalue weighted by Crippen LogP contribution is 2.38. The number of carbonyl (C=O) groups is 3. The molecule has 1 fully saturated rings. The van der Waals surface area contributed by atoms with Gasteiger partial charge in [-0.1, -0.05) is 28.1 Å². The Morgan fingerprint density at radius 3 is 2.30 bits per heavy atom. The van der Waals surface area contributed by atoms with Crippen molar-refractivity contribution in [3.8, 4) is 0 Å². The highest BCUT2D eigenvalue weighted by atomic mass is 79.9. The number of carbonyl (C=O) groups excluding carboxylic acids is 3. The number of halogens is 1. The molecule has 4 rings (SSSR count). The molecule has 1 aliphatic heterocycles. The Kier molecular flexibility index (Phi) is 6.11. The number of anilines is 2. The van der Waals surface area contributed by atoms with Crippen LogP contribution in [-0.2, 0) is 14.4 Å². The molecule has 0 radical (unpaired) electrons. The Hall–Kier alpha value is -2.38. The number of imide groups is 1. The maximum absolute atomic E-state index is 12.7. The molecule has 0 spiro atoms. The molecule has 0 aromatic heterocycles. The third-order valence-electron chi connectivity index (χ3n) is 5.43. The van der Waals surface area contributed by atoms with Crippen molar-refractivity contribution in [1.29, 1.82) is 0 Å². The molecule has 2 aromatic rings. The van der Waals surface area contributed by atoms with Gasteiger partial charge in [-0.2, -0.15) is 0 Å². The van der Waals surface area contributed by atoms with Crippen LogP contribution in [0.2, 0.25) is 0 Å². The smallest absolute Gasteiger partial charge is 0.238 e. The van der Waals surface area contributed by atoms with Crippen LogP contribution >= 0.6 is 27.7 Å². The van der Waals surface area contributed by atoms with Gasteiger partial charge in [0, 0.05) is 15.1 Å². The zero-order chi connectivity index (χ0) is 21.3. The largest absolute Gasteiger partial charge is 0.325 e. The molecule has 5 nitrogen and oxygen atoms in total. The average Bonchev–Trinajstić information content (AvgIpc) is 3.00. The van der Waals surface area contributed by atoms with E-state index in [1.54, 1.807) is 12.1 Å². The van der Waals surface area contributed by atoms with Crippen LogP contribution in [0.1, 0.15) is 18.4 Å². The first-order valence-electron chi connectivity index (χ1n) is 9.75. The molecule has 0 bridgehead atoms. The summed E-state index contributed by atoms with van der Waals surface area (Å²) in [4.78, 5) is 39.9. The first-order chi connectivity index (χ1) is 14.4. The van der Waals surface area contributed by atoms with Crippen molar-refractivity contribution in [2.24, 2.45) is 11.8 Å². The van der Waals surface area contributed by atoms with E-state index in [2.05, 4.69) is 21.2 Å². The molecular weight excluding hydrogens is 464 g/mol. The summed E-state index contributed by atoms with van der Waals surface area (Å²) in [5.41, 5.74) is 2.38. The molecule has 2 atom stereocenters. The molecule has 2 aliphatic rings. The van der Waals surface area contributed by atoms with Crippen molar-refractivity contribution in [1.82, 2.24) is 0 Å². The van der Waals surface area contributed by atoms with Crippen molar-refractivity contribution in [3.05, 3.63) is 64.7 Å². The third kappa shape index (κ3) is 4.23. The van der Waals surface area contributed by atoms with E-state index >= 15 is 0 Å². The van der Waals surface area contributed by atoms with Crippen LogP contribution in [0.4, 0.5) is 11.4 Å². The van der Waals surface area contributed by atoms with Gasteiger partial charge >= 0.3 is 0 Å². The van der Waals surface area contributed by atoms with Gasteiger partial charge in [0.25, 0.3) is 0 Å². The van der Waals surface area contributed by atoms with Gasteiger partial charge in [0.05, 0.1) is 23.3 Å². The number of thioether (sulfide) groups is 1. The van der Waals surface area contributed by atoms with E-state index in [4.69, 9.17) is 0 Å². The van der Waals surface area contributed by atoms with Gasteiger partial charge in [0.15, 0.2) is 0 Å². The molecular formula is C23H21BrN2O3S. The van der Waals surface area contributed by atoms with Gasteiger partial charge in [0.1, 0.15) is 0 Å². The molecule has 30 heavy (non-hydrogen) atoms. The highest BCUT2D eigenvalue weighted by molar-refractivity contribution is 9.10. The van der Waals surface area contributed by atoms with E-state index in [0.717, 1.165) is 20.6 Å². The summed E-state index contributed by atoms with van der Waals surface area (Å²) in [5, 5.41) is 2.92. The Balaban J connectivity index is 1.36. The van der Waals surface area contributed by atoms with Crippen molar-refractivity contribution >= 4 is 56.8 Å². The number of allylic oxidation sites excluding steroid dienone is 2. The Bertz CT molecular complexity index is 1010. The van der Waals surface area contributed by atoms with E-state index in [1.807, 2.05) is 49.4 Å². The second-order valence-corrected chi connectivity index (χ2v) is 9.42. The van der Waals surface area contributed by atoms with Crippen molar-refractivity contribution in [2.45, 2.75) is 24.7 Å². The van der Waals surface area contributed by atoms with Crippen LogP contribution in [0.25, 0.3) is 0 Å². The molecule has 0 unspecified atom stereocenters. The number of hydrogen-bond acceptors (Lipinski definition) is 4. The summed E-state index contributed by atoms with van der Waals surface area (Å²) >= 11 is 4.82. The lowest BCUT2D eigenvalue weighted by atomic mass is 9.85. The van der Waals surface area contributed by atoms with Crippen LogP contribution in [-0.4, -0.2) is 23.5 Å². The quantitative estimate of drug-likeness (QED) is 0.370. The SMILES string of the molecule is Cc1cc(Br)ccc1NC(=O)CSc1ccc(N2C(=O)[C@@H]3CC=CC[C@H]3C2=O)cc1. The lowest BCUT2D eigenvalue weighted by Crippen LogP contribution is -2.30. The molecule has 1 heterocycles. The summed E-state index contributed by atoms with van der Waals surface area (Å²) in [6.07, 6.45) is 5.23. The predicted molar refractivity (Wildman–Crippen MR) is 123 cm³/mol. The lowest BCUT2D eigenvalue weighted by molar-refractivity contribution is -0.122. The van der Waals surface area contributed by atoms with Crippen LogP contribution < -0.4 is 10.2 Å². The third-order valence-corrected chi connectivity index (χ3v) is 6.94. The highest BCUT2D eigenvalue weighted by Gasteiger charge is 2.47. The van der Waals surface area contributed by atoms with Gasteiger partial charge in [-0.05, 0) is 67.8 Å². The second-order valence-electron chi connectivity index (χ2n) is 7.46. The monoisotopic (exact) mass is 484 g/mol. The number of benzene rings is 2. The first-order valence-corrected chi connectivity index (χ1v) is 11.5. The number of hydrogen-bond donors (Lipinski definition) is 1. The fraction of sp³-hybridized carbons (Fsp3) is 0.261.